The number of halogens is 1. The number of carbonyl (C=O) groups is 1. The molecule has 1 fully saturated rings. The Kier molecular flexibility index (Phi) is 8.20. The van der Waals surface area contributed by atoms with E-state index in [2.05, 4.69) is 5.32 Å². The molecule has 35 heavy (non-hydrogen) atoms. The van der Waals surface area contributed by atoms with Crippen molar-refractivity contribution in [2.75, 3.05) is 6.61 Å². The average Bonchev–Trinajstić information content (AvgIpc) is 3.35. The van der Waals surface area contributed by atoms with Crippen LogP contribution in [0.25, 0.3) is 0 Å². The number of thioether (sulfide) groups is 1. The second-order valence-electron chi connectivity index (χ2n) is 9.24. The smallest absolute Gasteiger partial charge is 0.213 e. The molecule has 0 aliphatic carbocycles. The molecule has 3 heterocycles. The van der Waals surface area contributed by atoms with Crippen molar-refractivity contribution in [3.8, 4) is 5.88 Å². The fourth-order valence-corrected chi connectivity index (χ4v) is 6.17. The second-order valence-corrected chi connectivity index (χ2v) is 11.6. The summed E-state index contributed by atoms with van der Waals surface area (Å²) < 4.78 is 5.85. The number of nitrogens with one attached hydrogen (secondary N) is 1. The van der Waals surface area contributed by atoms with E-state index in [4.69, 9.17) is 21.3 Å². The van der Waals surface area contributed by atoms with Crippen LogP contribution in [0, 0.1) is 0 Å². The molecule has 3 N–H and O–H groups in total. The van der Waals surface area contributed by atoms with Crippen molar-refractivity contribution in [2.24, 2.45) is 0 Å². The van der Waals surface area contributed by atoms with Crippen LogP contribution in [0.4, 0.5) is 0 Å². The van der Waals surface area contributed by atoms with Gasteiger partial charge in [-0.3, -0.25) is 10.1 Å². The zero-order chi connectivity index (χ0) is 25.1. The van der Waals surface area contributed by atoms with E-state index in [1.807, 2.05) is 47.2 Å². The summed E-state index contributed by atoms with van der Waals surface area (Å²) in [4.78, 5) is 18.9. The maximum absolute atomic E-state index is 13.5. The second kappa shape index (κ2) is 11.0. The molecule has 9 heteroatoms. The fourth-order valence-electron chi connectivity index (χ4n) is 4.14. The molecule has 6 nitrogen and oxygen atoms in total. The Labute approximate surface area is 218 Å². The molecule has 0 saturated carbocycles. The van der Waals surface area contributed by atoms with Gasteiger partial charge in [0.1, 0.15) is 11.5 Å². The quantitative estimate of drug-likeness (QED) is 0.333. The summed E-state index contributed by atoms with van der Waals surface area (Å²) in [5.41, 5.74) is -0.268. The van der Waals surface area contributed by atoms with Crippen molar-refractivity contribution in [3.05, 3.63) is 75.6 Å². The van der Waals surface area contributed by atoms with Crippen LogP contribution in [-0.4, -0.2) is 44.7 Å². The first-order valence-corrected chi connectivity index (χ1v) is 13.6. The van der Waals surface area contributed by atoms with Gasteiger partial charge in [0, 0.05) is 17.4 Å². The fraction of sp³-hybridized carbons (Fsp3) is 0.385. The van der Waals surface area contributed by atoms with Crippen molar-refractivity contribution < 1.29 is 19.7 Å². The van der Waals surface area contributed by atoms with Crippen LogP contribution in [0.5, 0.6) is 5.88 Å². The highest BCUT2D eigenvalue weighted by atomic mass is 35.5. The molecular formula is C26H29ClN2O4S2. The minimum absolute atomic E-state index is 0.0920. The molecule has 1 aromatic carbocycles. The van der Waals surface area contributed by atoms with Gasteiger partial charge >= 0.3 is 0 Å². The predicted molar refractivity (Wildman–Crippen MR) is 140 cm³/mol. The summed E-state index contributed by atoms with van der Waals surface area (Å²) in [5.74, 6) is 0.342. The van der Waals surface area contributed by atoms with Crippen molar-refractivity contribution in [2.45, 2.75) is 60.6 Å². The third-order valence-electron chi connectivity index (χ3n) is 5.89. The Morgan fingerprint density at radius 2 is 2.06 bits per heavy atom. The first-order valence-electron chi connectivity index (χ1n) is 11.4. The van der Waals surface area contributed by atoms with E-state index in [9.17, 15) is 15.0 Å². The number of carbonyl (C=O) groups excluding carboxylic acids is 1. The SMILES string of the molecule is CC(C)(O)CCCOc1cccc(C2(c3ccsc3)CC(=O)C(Sc3ccccc3Cl)C(O)N2)n1. The molecule has 1 saturated heterocycles. The van der Waals surface area contributed by atoms with Crippen LogP contribution >= 0.6 is 34.7 Å². The molecule has 3 unspecified atom stereocenters. The Balaban J connectivity index is 1.58. The predicted octanol–water partition coefficient (Wildman–Crippen LogP) is 5.01. The summed E-state index contributed by atoms with van der Waals surface area (Å²) in [5, 5.41) is 28.1. The number of aromatic nitrogens is 1. The molecule has 0 radical (unpaired) electrons. The normalized spacial score (nSPS) is 22.8. The Hall–Kier alpha value is -1.94. The van der Waals surface area contributed by atoms with Crippen LogP contribution in [0.2, 0.25) is 5.02 Å². The van der Waals surface area contributed by atoms with Gasteiger partial charge in [-0.2, -0.15) is 11.3 Å². The van der Waals surface area contributed by atoms with Crippen LogP contribution in [0.1, 0.15) is 44.4 Å². The Morgan fingerprint density at radius 3 is 2.74 bits per heavy atom. The van der Waals surface area contributed by atoms with Crippen molar-refractivity contribution in [1.82, 2.24) is 10.3 Å². The van der Waals surface area contributed by atoms with Gasteiger partial charge in [-0.15, -0.1) is 11.8 Å². The number of thiophene rings is 1. The maximum Gasteiger partial charge on any atom is 0.213 e. The van der Waals surface area contributed by atoms with Gasteiger partial charge in [-0.25, -0.2) is 4.98 Å². The molecule has 1 aliphatic heterocycles. The van der Waals surface area contributed by atoms with Gasteiger partial charge in [0.15, 0.2) is 5.78 Å². The van der Waals surface area contributed by atoms with E-state index >= 15 is 0 Å². The highest BCUT2D eigenvalue weighted by Gasteiger charge is 2.48. The lowest BCUT2D eigenvalue weighted by Crippen LogP contribution is -2.60. The highest BCUT2D eigenvalue weighted by molar-refractivity contribution is 8.00. The van der Waals surface area contributed by atoms with Gasteiger partial charge in [-0.05, 0) is 67.3 Å². The molecule has 186 valence electrons. The number of Topliss-reactive ketones (excluding diaryl/α,β-unsaturated/α-hetero) is 1. The summed E-state index contributed by atoms with van der Waals surface area (Å²) >= 11 is 9.08. The lowest BCUT2D eigenvalue weighted by atomic mass is 9.79. The zero-order valence-corrected chi connectivity index (χ0v) is 22.0. The maximum atomic E-state index is 13.5. The lowest BCUT2D eigenvalue weighted by molar-refractivity contribution is -0.125. The number of rotatable bonds is 9. The first-order chi connectivity index (χ1) is 16.7. The third-order valence-corrected chi connectivity index (χ3v) is 8.40. The number of nitrogens with zero attached hydrogens (tertiary/aromatic N) is 1. The van der Waals surface area contributed by atoms with Crippen molar-refractivity contribution in [3.63, 3.8) is 0 Å². The largest absolute Gasteiger partial charge is 0.478 e. The number of ketones is 1. The molecule has 0 bridgehead atoms. The van der Waals surface area contributed by atoms with Crippen LogP contribution in [-0.2, 0) is 10.3 Å². The lowest BCUT2D eigenvalue weighted by Gasteiger charge is -2.42. The number of hydrogen-bond donors (Lipinski definition) is 3. The third kappa shape index (κ3) is 6.25. The van der Waals surface area contributed by atoms with Crippen molar-refractivity contribution >= 4 is 40.5 Å². The standard InChI is InChI=1S/C26H29ClN2O4S2/c1-25(2,32)12-6-13-33-22-10-5-9-21(28-22)26(17-11-14-34-16-17)15-19(30)23(24(31)29-26)35-20-8-4-3-7-18(20)27/h3-5,7-11,14,16,23-24,29,31-32H,6,12-13,15H2,1-2H3. The van der Waals surface area contributed by atoms with E-state index in [1.165, 1.54) is 23.1 Å². The van der Waals surface area contributed by atoms with Gasteiger partial charge < -0.3 is 14.9 Å². The molecule has 0 spiro atoms. The topological polar surface area (TPSA) is 91.7 Å². The van der Waals surface area contributed by atoms with E-state index in [0.717, 1.165) is 10.5 Å². The molecule has 2 aromatic heterocycles. The molecular weight excluding hydrogens is 504 g/mol. The summed E-state index contributed by atoms with van der Waals surface area (Å²) in [7, 11) is 0. The monoisotopic (exact) mass is 532 g/mol. The molecule has 0 amide bonds. The Morgan fingerprint density at radius 1 is 1.26 bits per heavy atom. The number of aliphatic hydroxyl groups is 2. The minimum atomic E-state index is -1.12. The van der Waals surface area contributed by atoms with Gasteiger partial charge in [0.2, 0.25) is 5.88 Å². The summed E-state index contributed by atoms with van der Waals surface area (Å²) in [6.07, 6.45) is 0.299. The van der Waals surface area contributed by atoms with Gasteiger partial charge in [0.05, 0.1) is 28.5 Å². The van der Waals surface area contributed by atoms with E-state index in [1.54, 1.807) is 26.0 Å². The minimum Gasteiger partial charge on any atom is -0.478 e. The molecule has 3 atom stereocenters. The number of pyridine rings is 1. The highest BCUT2D eigenvalue weighted by Crippen LogP contribution is 2.42. The number of ether oxygens (including phenoxy) is 1. The molecule has 4 rings (SSSR count). The number of hydrogen-bond acceptors (Lipinski definition) is 8. The molecule has 1 aliphatic rings. The number of benzene rings is 1. The zero-order valence-electron chi connectivity index (χ0n) is 19.6. The number of aliphatic hydroxyl groups excluding tert-OH is 1. The summed E-state index contributed by atoms with van der Waals surface area (Å²) in [6, 6.07) is 14.7. The average molecular weight is 533 g/mol. The number of piperidine rings is 1. The van der Waals surface area contributed by atoms with E-state index < -0.39 is 22.6 Å². The van der Waals surface area contributed by atoms with Crippen LogP contribution in [0.3, 0.4) is 0 Å². The van der Waals surface area contributed by atoms with Gasteiger partial charge in [-0.1, -0.05) is 29.8 Å². The van der Waals surface area contributed by atoms with E-state index in [-0.39, 0.29) is 12.2 Å². The van der Waals surface area contributed by atoms with Crippen molar-refractivity contribution in [1.29, 1.82) is 0 Å². The molecule has 3 aromatic rings. The van der Waals surface area contributed by atoms with Crippen LogP contribution in [0.15, 0.2) is 64.2 Å². The van der Waals surface area contributed by atoms with Crippen LogP contribution < -0.4 is 10.1 Å². The van der Waals surface area contributed by atoms with Gasteiger partial charge in [0.25, 0.3) is 0 Å². The van der Waals surface area contributed by atoms with E-state index in [0.29, 0.717) is 36.0 Å². The summed E-state index contributed by atoms with van der Waals surface area (Å²) in [6.45, 7) is 3.95. The Bertz CT molecular complexity index is 1150. The first kappa shape index (κ1) is 26.1.